The molecule has 2 heterocycles. The van der Waals surface area contributed by atoms with Gasteiger partial charge in [-0.25, -0.2) is 9.67 Å². The van der Waals surface area contributed by atoms with Crippen LogP contribution in [0.3, 0.4) is 0 Å². The number of para-hydroxylation sites is 2. The summed E-state index contributed by atoms with van der Waals surface area (Å²) in [6.45, 7) is 1.73. The maximum absolute atomic E-state index is 12.4. The molecule has 24 heavy (non-hydrogen) atoms. The summed E-state index contributed by atoms with van der Waals surface area (Å²) in [7, 11) is 0. The van der Waals surface area contributed by atoms with Crippen molar-refractivity contribution >= 4 is 17.3 Å². The topological polar surface area (TPSA) is 103 Å². The second-order valence-corrected chi connectivity index (χ2v) is 4.97. The fourth-order valence-corrected chi connectivity index (χ4v) is 2.27. The average Bonchev–Trinajstić information content (AvgIpc) is 2.97. The predicted octanol–water partition coefficient (Wildman–Crippen LogP) is 2.74. The summed E-state index contributed by atoms with van der Waals surface area (Å²) < 4.78 is 1.54. The molecule has 1 N–H and O–H groups in total. The molecule has 3 rings (SSSR count). The van der Waals surface area contributed by atoms with Gasteiger partial charge in [0, 0.05) is 12.3 Å². The van der Waals surface area contributed by atoms with Gasteiger partial charge in [-0.05, 0) is 25.1 Å². The molecule has 8 heteroatoms. The van der Waals surface area contributed by atoms with Crippen LogP contribution in [0.5, 0.6) is 0 Å². The van der Waals surface area contributed by atoms with Crippen LogP contribution in [0.25, 0.3) is 5.82 Å². The first-order valence-corrected chi connectivity index (χ1v) is 7.08. The largest absolute Gasteiger partial charge is 0.316 e. The minimum absolute atomic E-state index is 0.137. The Balaban J connectivity index is 1.90. The molecule has 0 saturated carbocycles. The van der Waals surface area contributed by atoms with Gasteiger partial charge in [0.05, 0.1) is 22.4 Å². The Kier molecular flexibility index (Phi) is 4.02. The number of pyridine rings is 1. The van der Waals surface area contributed by atoms with Gasteiger partial charge in [0.1, 0.15) is 5.69 Å². The Morgan fingerprint density at radius 1 is 1.21 bits per heavy atom. The number of amides is 1. The number of hydrogen-bond donors (Lipinski definition) is 1. The summed E-state index contributed by atoms with van der Waals surface area (Å²) in [6.07, 6.45) is 3.04. The Bertz CT molecular complexity index is 905. The van der Waals surface area contributed by atoms with Crippen molar-refractivity contribution in [3.8, 4) is 5.82 Å². The highest BCUT2D eigenvalue weighted by molar-refractivity contribution is 6.06. The van der Waals surface area contributed by atoms with E-state index in [4.69, 9.17) is 0 Å². The molecule has 0 aliphatic heterocycles. The van der Waals surface area contributed by atoms with Gasteiger partial charge in [-0.2, -0.15) is 5.10 Å². The van der Waals surface area contributed by atoms with Gasteiger partial charge in [0.2, 0.25) is 0 Å². The quantitative estimate of drug-likeness (QED) is 0.587. The van der Waals surface area contributed by atoms with Crippen molar-refractivity contribution in [1.82, 2.24) is 14.8 Å². The molecular formula is C16H13N5O3. The van der Waals surface area contributed by atoms with Gasteiger partial charge in [-0.15, -0.1) is 0 Å². The minimum atomic E-state index is -0.542. The lowest BCUT2D eigenvalue weighted by molar-refractivity contribution is -0.383. The molecule has 0 spiro atoms. The highest BCUT2D eigenvalue weighted by Crippen LogP contribution is 2.24. The van der Waals surface area contributed by atoms with Gasteiger partial charge >= 0.3 is 0 Å². The number of nitro groups is 1. The zero-order chi connectivity index (χ0) is 17.1. The predicted molar refractivity (Wildman–Crippen MR) is 87.1 cm³/mol. The Morgan fingerprint density at radius 3 is 2.67 bits per heavy atom. The number of carbonyl (C=O) groups is 1. The molecule has 0 aliphatic carbocycles. The van der Waals surface area contributed by atoms with Gasteiger partial charge in [-0.3, -0.25) is 14.9 Å². The molecule has 3 aromatic rings. The number of nitrogens with zero attached hydrogens (tertiary/aromatic N) is 4. The summed E-state index contributed by atoms with van der Waals surface area (Å²) in [6, 6.07) is 11.3. The standard InChI is InChI=1S/C16H13N5O3/c1-11-12(10-18-20(11)15-8-4-5-9-17-15)16(22)19-13-6-2-3-7-14(13)21(23)24/h2-10H,1H3,(H,19,22). The van der Waals surface area contributed by atoms with Crippen LogP contribution in [0.15, 0.2) is 54.9 Å². The normalized spacial score (nSPS) is 10.4. The molecule has 0 fully saturated rings. The molecule has 1 amide bonds. The van der Waals surface area contributed by atoms with Crippen LogP contribution in [0.2, 0.25) is 0 Å². The van der Waals surface area contributed by atoms with Crippen molar-refractivity contribution < 1.29 is 9.72 Å². The van der Waals surface area contributed by atoms with E-state index in [2.05, 4.69) is 15.4 Å². The number of hydrogen-bond acceptors (Lipinski definition) is 5. The molecule has 8 nitrogen and oxygen atoms in total. The van der Waals surface area contributed by atoms with Crippen molar-refractivity contribution in [2.45, 2.75) is 6.92 Å². The lowest BCUT2D eigenvalue weighted by atomic mass is 10.2. The third kappa shape index (κ3) is 2.84. The van der Waals surface area contributed by atoms with Crippen LogP contribution in [0, 0.1) is 17.0 Å². The molecule has 0 bridgehead atoms. The van der Waals surface area contributed by atoms with E-state index in [1.54, 1.807) is 31.3 Å². The molecule has 0 saturated heterocycles. The monoisotopic (exact) mass is 323 g/mol. The Morgan fingerprint density at radius 2 is 1.96 bits per heavy atom. The first-order valence-electron chi connectivity index (χ1n) is 7.08. The fraction of sp³-hybridized carbons (Fsp3) is 0.0625. The van der Waals surface area contributed by atoms with Crippen LogP contribution in [0.4, 0.5) is 11.4 Å². The molecule has 1 aromatic carbocycles. The first-order chi connectivity index (χ1) is 11.6. The highest BCUT2D eigenvalue weighted by Gasteiger charge is 2.19. The van der Waals surface area contributed by atoms with E-state index in [9.17, 15) is 14.9 Å². The molecule has 0 radical (unpaired) electrons. The summed E-state index contributed by atoms with van der Waals surface area (Å²) in [5.41, 5.74) is 0.877. The zero-order valence-electron chi connectivity index (χ0n) is 12.7. The van der Waals surface area contributed by atoms with Gasteiger partial charge in [0.15, 0.2) is 5.82 Å². The molecular weight excluding hydrogens is 310 g/mol. The molecule has 0 unspecified atom stereocenters. The van der Waals surface area contributed by atoms with E-state index in [-0.39, 0.29) is 11.4 Å². The van der Waals surface area contributed by atoms with E-state index in [1.807, 2.05) is 6.07 Å². The molecule has 0 aliphatic rings. The van der Waals surface area contributed by atoms with Crippen LogP contribution < -0.4 is 5.32 Å². The summed E-state index contributed by atoms with van der Waals surface area (Å²) in [4.78, 5) is 27.1. The van der Waals surface area contributed by atoms with Gasteiger partial charge < -0.3 is 5.32 Å². The zero-order valence-corrected chi connectivity index (χ0v) is 12.7. The van der Waals surface area contributed by atoms with E-state index < -0.39 is 10.8 Å². The fourth-order valence-electron chi connectivity index (χ4n) is 2.27. The van der Waals surface area contributed by atoms with E-state index in [0.717, 1.165) is 0 Å². The van der Waals surface area contributed by atoms with Crippen LogP contribution in [-0.2, 0) is 0 Å². The lowest BCUT2D eigenvalue weighted by Gasteiger charge is -2.06. The maximum atomic E-state index is 12.4. The molecule has 0 atom stereocenters. The SMILES string of the molecule is Cc1c(C(=O)Nc2ccccc2[N+](=O)[O-])cnn1-c1ccccn1. The number of benzene rings is 1. The van der Waals surface area contributed by atoms with Crippen LogP contribution >= 0.6 is 0 Å². The minimum Gasteiger partial charge on any atom is -0.316 e. The van der Waals surface area contributed by atoms with Crippen molar-refractivity contribution in [3.63, 3.8) is 0 Å². The number of nitro benzene ring substituents is 1. The molecule has 2 aromatic heterocycles. The van der Waals surface area contributed by atoms with Crippen molar-refractivity contribution in [2.24, 2.45) is 0 Å². The maximum Gasteiger partial charge on any atom is 0.292 e. The average molecular weight is 323 g/mol. The molecule has 120 valence electrons. The summed E-state index contributed by atoms with van der Waals surface area (Å²) in [5.74, 6) is 0.115. The number of aromatic nitrogens is 3. The smallest absolute Gasteiger partial charge is 0.292 e. The Hall–Kier alpha value is -3.55. The van der Waals surface area contributed by atoms with Crippen molar-refractivity contribution in [2.75, 3.05) is 5.32 Å². The van der Waals surface area contributed by atoms with Crippen LogP contribution in [0.1, 0.15) is 16.1 Å². The number of anilines is 1. The van der Waals surface area contributed by atoms with Crippen molar-refractivity contribution in [1.29, 1.82) is 0 Å². The van der Waals surface area contributed by atoms with E-state index in [0.29, 0.717) is 17.1 Å². The number of nitrogens with one attached hydrogen (secondary N) is 1. The summed E-state index contributed by atoms with van der Waals surface area (Å²) in [5, 5.41) is 17.8. The third-order valence-electron chi connectivity index (χ3n) is 3.47. The number of rotatable bonds is 4. The number of carbonyl (C=O) groups excluding carboxylic acids is 1. The lowest BCUT2D eigenvalue weighted by Crippen LogP contribution is -2.14. The van der Waals surface area contributed by atoms with E-state index in [1.165, 1.54) is 29.1 Å². The second kappa shape index (κ2) is 6.29. The first kappa shape index (κ1) is 15.3. The Labute approximate surface area is 136 Å². The third-order valence-corrected chi connectivity index (χ3v) is 3.47. The van der Waals surface area contributed by atoms with Gasteiger partial charge in [-0.1, -0.05) is 18.2 Å². The second-order valence-electron chi connectivity index (χ2n) is 4.97. The van der Waals surface area contributed by atoms with E-state index >= 15 is 0 Å². The van der Waals surface area contributed by atoms with Crippen LogP contribution in [-0.4, -0.2) is 25.6 Å². The highest BCUT2D eigenvalue weighted by atomic mass is 16.6. The van der Waals surface area contributed by atoms with Crippen molar-refractivity contribution in [3.05, 3.63) is 76.2 Å². The summed E-state index contributed by atoms with van der Waals surface area (Å²) >= 11 is 0. The van der Waals surface area contributed by atoms with Gasteiger partial charge in [0.25, 0.3) is 11.6 Å².